The van der Waals surface area contributed by atoms with E-state index >= 15 is 0 Å². The molecule has 0 unspecified atom stereocenters. The van der Waals surface area contributed by atoms with Crippen LogP contribution in [0.25, 0.3) is 22.0 Å². The highest BCUT2D eigenvalue weighted by Crippen LogP contribution is 2.29. The first-order valence-corrected chi connectivity index (χ1v) is 11.4. The number of carbonyl (C=O) groups is 2. The smallest absolute Gasteiger partial charge is 0.224 e. The number of halogens is 1. The number of nitrogens with one attached hydrogen (secondary N) is 1. The summed E-state index contributed by atoms with van der Waals surface area (Å²) in [5.41, 5.74) is 3.51. The molecule has 1 amide bonds. The Hall–Kier alpha value is -3.55. The van der Waals surface area contributed by atoms with Gasteiger partial charge in [-0.15, -0.1) is 11.3 Å². The van der Waals surface area contributed by atoms with Gasteiger partial charge in [0.2, 0.25) is 5.91 Å². The quantitative estimate of drug-likeness (QED) is 0.308. The number of carbonyl (C=O) groups excluding carboxylic acids is 2. The molecule has 166 valence electrons. The van der Waals surface area contributed by atoms with Gasteiger partial charge in [0.05, 0.1) is 24.1 Å². The van der Waals surface area contributed by atoms with Gasteiger partial charge < -0.3 is 10.1 Å². The molecule has 0 atom stereocenters. The fourth-order valence-corrected chi connectivity index (χ4v) is 4.23. The van der Waals surface area contributed by atoms with Gasteiger partial charge in [0.1, 0.15) is 10.8 Å². The molecule has 6 nitrogen and oxygen atoms in total. The molecule has 33 heavy (non-hydrogen) atoms. The maximum atomic E-state index is 12.6. The Morgan fingerprint density at radius 3 is 2.70 bits per heavy atom. The van der Waals surface area contributed by atoms with E-state index in [1.54, 1.807) is 30.5 Å². The minimum absolute atomic E-state index is 0.0409. The molecule has 0 radical (unpaired) electrons. The number of rotatable bonds is 8. The molecule has 2 heterocycles. The van der Waals surface area contributed by atoms with Crippen molar-refractivity contribution < 1.29 is 14.3 Å². The van der Waals surface area contributed by atoms with Crippen molar-refractivity contribution in [1.29, 1.82) is 0 Å². The summed E-state index contributed by atoms with van der Waals surface area (Å²) in [6.07, 6.45) is 1.82. The number of hydrogen-bond acceptors (Lipinski definition) is 6. The topological polar surface area (TPSA) is 81.2 Å². The van der Waals surface area contributed by atoms with Crippen LogP contribution in [0, 0.1) is 0 Å². The van der Waals surface area contributed by atoms with Crippen LogP contribution < -0.4 is 10.1 Å². The number of nitrogens with zero attached hydrogens (tertiary/aromatic N) is 2. The van der Waals surface area contributed by atoms with Crippen molar-refractivity contribution in [2.75, 3.05) is 12.4 Å². The Labute approximate surface area is 200 Å². The molecule has 2 aromatic carbocycles. The molecule has 0 aliphatic carbocycles. The number of benzene rings is 2. The van der Waals surface area contributed by atoms with Gasteiger partial charge in [-0.2, -0.15) is 0 Å². The number of amides is 1. The fraction of sp³-hybridized carbons (Fsp3) is 0.120. The van der Waals surface area contributed by atoms with Gasteiger partial charge in [-0.25, -0.2) is 4.98 Å². The first-order valence-electron chi connectivity index (χ1n) is 10.2. The van der Waals surface area contributed by atoms with Crippen LogP contribution in [0.5, 0.6) is 5.75 Å². The van der Waals surface area contributed by atoms with Crippen LogP contribution in [0.1, 0.15) is 23.2 Å². The van der Waals surface area contributed by atoms with Gasteiger partial charge in [-0.1, -0.05) is 29.8 Å². The third-order valence-corrected chi connectivity index (χ3v) is 5.97. The first kappa shape index (κ1) is 22.6. The van der Waals surface area contributed by atoms with E-state index in [9.17, 15) is 9.59 Å². The van der Waals surface area contributed by atoms with Gasteiger partial charge in [-0.3, -0.25) is 14.6 Å². The standard InChI is InChI=1S/C25H20ClN3O3S/c1-32-23-10-8-17(26)14-19(23)22(30)9-11-24(31)28-18-6-4-5-16(13-18)21-15-33-25(29-21)20-7-2-3-12-27-20/h2-8,10,12-15H,9,11H2,1H3,(H,28,31). The molecule has 8 heteroatoms. The van der Waals surface area contributed by atoms with Crippen molar-refractivity contribution in [2.24, 2.45) is 0 Å². The highest BCUT2D eigenvalue weighted by Gasteiger charge is 2.15. The molecular weight excluding hydrogens is 458 g/mol. The van der Waals surface area contributed by atoms with Crippen LogP contribution in [-0.2, 0) is 4.79 Å². The zero-order chi connectivity index (χ0) is 23.2. The molecule has 4 aromatic rings. The van der Waals surface area contributed by atoms with Crippen molar-refractivity contribution in [1.82, 2.24) is 9.97 Å². The zero-order valence-corrected chi connectivity index (χ0v) is 19.3. The predicted octanol–water partition coefficient (Wildman–Crippen LogP) is 6.14. The van der Waals surface area contributed by atoms with Crippen LogP contribution >= 0.6 is 22.9 Å². The molecule has 0 spiro atoms. The molecule has 2 aromatic heterocycles. The number of thiazole rings is 1. The molecule has 0 saturated carbocycles. The molecular formula is C25H20ClN3O3S. The van der Waals surface area contributed by atoms with E-state index in [1.807, 2.05) is 41.8 Å². The van der Waals surface area contributed by atoms with Gasteiger partial charge >= 0.3 is 0 Å². The molecule has 4 rings (SSSR count). The summed E-state index contributed by atoms with van der Waals surface area (Å²) in [5.74, 6) is -0.0254. The Kier molecular flexibility index (Phi) is 7.12. The molecule has 0 bridgehead atoms. The maximum Gasteiger partial charge on any atom is 0.224 e. The maximum absolute atomic E-state index is 12.6. The van der Waals surface area contributed by atoms with Crippen LogP contribution in [0.2, 0.25) is 5.02 Å². The lowest BCUT2D eigenvalue weighted by atomic mass is 10.1. The highest BCUT2D eigenvalue weighted by atomic mass is 35.5. The Morgan fingerprint density at radius 2 is 1.91 bits per heavy atom. The van der Waals surface area contributed by atoms with Crippen LogP contribution in [-0.4, -0.2) is 28.8 Å². The lowest BCUT2D eigenvalue weighted by molar-refractivity contribution is -0.116. The Balaban J connectivity index is 1.40. The number of anilines is 1. The second-order valence-electron chi connectivity index (χ2n) is 7.15. The number of aromatic nitrogens is 2. The van der Waals surface area contributed by atoms with Gasteiger partial charge in [-0.05, 0) is 42.5 Å². The Bertz CT molecular complexity index is 1290. The number of ketones is 1. The van der Waals surface area contributed by atoms with Gasteiger partial charge in [0.25, 0.3) is 0 Å². The van der Waals surface area contributed by atoms with Crippen molar-refractivity contribution in [2.45, 2.75) is 12.8 Å². The molecule has 0 fully saturated rings. The number of hydrogen-bond donors (Lipinski definition) is 1. The summed E-state index contributed by atoms with van der Waals surface area (Å²) in [5, 5.41) is 6.08. The largest absolute Gasteiger partial charge is 0.496 e. The van der Waals surface area contributed by atoms with E-state index in [0.29, 0.717) is 22.0 Å². The van der Waals surface area contributed by atoms with E-state index < -0.39 is 0 Å². The normalized spacial score (nSPS) is 10.6. The molecule has 0 saturated heterocycles. The minimum Gasteiger partial charge on any atom is -0.496 e. The first-order chi connectivity index (χ1) is 16.0. The van der Waals surface area contributed by atoms with E-state index in [1.165, 1.54) is 18.4 Å². The van der Waals surface area contributed by atoms with Crippen LogP contribution in [0.15, 0.2) is 72.2 Å². The summed E-state index contributed by atoms with van der Waals surface area (Å²) in [6, 6.07) is 18.0. The highest BCUT2D eigenvalue weighted by molar-refractivity contribution is 7.13. The summed E-state index contributed by atoms with van der Waals surface area (Å²) in [6.45, 7) is 0. The van der Waals surface area contributed by atoms with E-state index in [4.69, 9.17) is 16.3 Å². The van der Waals surface area contributed by atoms with Crippen LogP contribution in [0.3, 0.4) is 0 Å². The monoisotopic (exact) mass is 477 g/mol. The van der Waals surface area contributed by atoms with Gasteiger partial charge in [0, 0.05) is 40.7 Å². The Morgan fingerprint density at radius 1 is 1.03 bits per heavy atom. The number of Topliss-reactive ketones (excluding diaryl/α,β-unsaturated/α-hetero) is 1. The zero-order valence-electron chi connectivity index (χ0n) is 17.7. The second-order valence-corrected chi connectivity index (χ2v) is 8.44. The van der Waals surface area contributed by atoms with E-state index in [0.717, 1.165) is 22.0 Å². The van der Waals surface area contributed by atoms with E-state index in [-0.39, 0.29) is 24.5 Å². The minimum atomic E-state index is -0.256. The molecule has 1 N–H and O–H groups in total. The third-order valence-electron chi connectivity index (χ3n) is 4.87. The number of pyridine rings is 1. The third kappa shape index (κ3) is 5.63. The average molecular weight is 478 g/mol. The predicted molar refractivity (Wildman–Crippen MR) is 131 cm³/mol. The van der Waals surface area contributed by atoms with Crippen molar-refractivity contribution in [3.8, 4) is 27.7 Å². The lowest BCUT2D eigenvalue weighted by Crippen LogP contribution is -2.14. The summed E-state index contributed by atoms with van der Waals surface area (Å²) < 4.78 is 5.22. The molecule has 0 aliphatic rings. The van der Waals surface area contributed by atoms with Crippen LogP contribution in [0.4, 0.5) is 5.69 Å². The van der Waals surface area contributed by atoms with Crippen molar-refractivity contribution in [3.05, 3.63) is 82.8 Å². The second kappa shape index (κ2) is 10.4. The number of ether oxygens (including phenoxy) is 1. The van der Waals surface area contributed by atoms with Gasteiger partial charge in [0.15, 0.2) is 5.78 Å². The average Bonchev–Trinajstić information content (AvgIpc) is 3.34. The summed E-state index contributed by atoms with van der Waals surface area (Å²) in [4.78, 5) is 34.0. The SMILES string of the molecule is COc1ccc(Cl)cc1C(=O)CCC(=O)Nc1cccc(-c2csc(-c3ccccn3)n2)c1. The fourth-order valence-electron chi connectivity index (χ4n) is 3.25. The van der Waals surface area contributed by atoms with Crippen molar-refractivity contribution >= 4 is 40.3 Å². The summed E-state index contributed by atoms with van der Waals surface area (Å²) >= 11 is 7.51. The van der Waals surface area contributed by atoms with Crippen molar-refractivity contribution in [3.63, 3.8) is 0 Å². The summed E-state index contributed by atoms with van der Waals surface area (Å²) in [7, 11) is 1.49. The van der Waals surface area contributed by atoms with E-state index in [2.05, 4.69) is 15.3 Å². The lowest BCUT2D eigenvalue weighted by Gasteiger charge is -2.09. The number of methoxy groups -OCH3 is 1. The molecule has 0 aliphatic heterocycles.